The number of nitrogens with zero attached hydrogens (tertiary/aromatic N) is 1. The van der Waals surface area contributed by atoms with Gasteiger partial charge in [0.05, 0.1) is 0 Å². The van der Waals surface area contributed by atoms with Gasteiger partial charge in [-0.25, -0.2) is 18.2 Å². The molecule has 28 heavy (non-hydrogen) atoms. The first-order valence-corrected chi connectivity index (χ1v) is 9.50. The van der Waals surface area contributed by atoms with Crippen molar-refractivity contribution in [2.75, 3.05) is 0 Å². The normalized spacial score (nSPS) is 13.4. The Morgan fingerprint density at radius 3 is 2.64 bits per heavy atom. The lowest BCUT2D eigenvalue weighted by Gasteiger charge is -2.08. The second kappa shape index (κ2) is 7.63. The number of thiazole rings is 1. The number of benzene rings is 2. The molecular formula is C20H15F3N2O2S. The number of carbonyl (C=O) groups excluding carboxylic acids is 1. The summed E-state index contributed by atoms with van der Waals surface area (Å²) in [7, 11) is 0. The number of rotatable bonds is 6. The highest BCUT2D eigenvalue weighted by atomic mass is 32.1. The van der Waals surface area contributed by atoms with Crippen LogP contribution in [0, 0.1) is 17.5 Å². The first kappa shape index (κ1) is 18.5. The van der Waals surface area contributed by atoms with Gasteiger partial charge in [-0.2, -0.15) is 0 Å². The SMILES string of the molecule is O=C(NC1CC1)c1csc(-c2ccc(OCc3ccc(F)c(F)c3)cc2F)n1. The van der Waals surface area contributed by atoms with E-state index in [1.165, 1.54) is 29.5 Å². The van der Waals surface area contributed by atoms with Crippen molar-refractivity contribution < 1.29 is 22.7 Å². The Labute approximate surface area is 163 Å². The molecule has 8 heteroatoms. The smallest absolute Gasteiger partial charge is 0.270 e. The maximum atomic E-state index is 14.5. The summed E-state index contributed by atoms with van der Waals surface area (Å²) in [5, 5.41) is 4.83. The molecule has 4 nitrogen and oxygen atoms in total. The van der Waals surface area contributed by atoms with Crippen molar-refractivity contribution in [3.05, 3.63) is 70.5 Å². The highest BCUT2D eigenvalue weighted by Gasteiger charge is 2.25. The van der Waals surface area contributed by atoms with E-state index in [-0.39, 0.29) is 35.6 Å². The monoisotopic (exact) mass is 404 g/mol. The van der Waals surface area contributed by atoms with E-state index in [1.54, 1.807) is 11.4 Å². The molecule has 1 N–H and O–H groups in total. The van der Waals surface area contributed by atoms with Crippen LogP contribution in [0.5, 0.6) is 5.75 Å². The van der Waals surface area contributed by atoms with E-state index in [4.69, 9.17) is 4.74 Å². The van der Waals surface area contributed by atoms with Crippen LogP contribution in [0.2, 0.25) is 0 Å². The van der Waals surface area contributed by atoms with E-state index in [0.717, 1.165) is 25.0 Å². The molecule has 0 spiro atoms. The molecule has 0 atom stereocenters. The topological polar surface area (TPSA) is 51.2 Å². The largest absolute Gasteiger partial charge is 0.489 e. The van der Waals surface area contributed by atoms with Crippen molar-refractivity contribution in [1.29, 1.82) is 0 Å². The lowest BCUT2D eigenvalue weighted by molar-refractivity contribution is 0.0947. The Balaban J connectivity index is 1.44. The molecular weight excluding hydrogens is 389 g/mol. The van der Waals surface area contributed by atoms with E-state index in [1.807, 2.05) is 0 Å². The minimum atomic E-state index is -0.965. The van der Waals surface area contributed by atoms with Crippen LogP contribution in [0.25, 0.3) is 10.6 Å². The van der Waals surface area contributed by atoms with Gasteiger partial charge < -0.3 is 10.1 Å². The molecule has 4 rings (SSSR count). The summed E-state index contributed by atoms with van der Waals surface area (Å²) in [5.41, 5.74) is 0.954. The van der Waals surface area contributed by atoms with Gasteiger partial charge in [0, 0.05) is 23.1 Å². The summed E-state index contributed by atoms with van der Waals surface area (Å²) >= 11 is 1.18. The summed E-state index contributed by atoms with van der Waals surface area (Å²) in [6, 6.07) is 7.93. The number of halogens is 3. The summed E-state index contributed by atoms with van der Waals surface area (Å²) < 4.78 is 46.1. The molecule has 0 aliphatic heterocycles. The molecule has 1 heterocycles. The van der Waals surface area contributed by atoms with Crippen LogP contribution in [0.3, 0.4) is 0 Å². The van der Waals surface area contributed by atoms with E-state index in [2.05, 4.69) is 10.3 Å². The van der Waals surface area contributed by atoms with Crippen LogP contribution in [0.4, 0.5) is 13.2 Å². The maximum Gasteiger partial charge on any atom is 0.270 e. The van der Waals surface area contributed by atoms with Crippen molar-refractivity contribution in [1.82, 2.24) is 10.3 Å². The predicted molar refractivity (Wildman–Crippen MR) is 98.7 cm³/mol. The van der Waals surface area contributed by atoms with Crippen molar-refractivity contribution in [3.63, 3.8) is 0 Å². The lowest BCUT2D eigenvalue weighted by atomic mass is 10.2. The average Bonchev–Trinajstić information content (AvgIpc) is 3.35. The molecule has 0 saturated heterocycles. The fraction of sp³-hybridized carbons (Fsp3) is 0.200. The highest BCUT2D eigenvalue weighted by Crippen LogP contribution is 2.29. The number of hydrogen-bond donors (Lipinski definition) is 1. The van der Waals surface area contributed by atoms with Crippen LogP contribution in [-0.4, -0.2) is 16.9 Å². The second-order valence-corrected chi connectivity index (χ2v) is 7.32. The molecule has 3 aromatic rings. The fourth-order valence-corrected chi connectivity index (χ4v) is 3.37. The van der Waals surface area contributed by atoms with E-state index >= 15 is 0 Å². The summed E-state index contributed by atoms with van der Waals surface area (Å²) in [4.78, 5) is 16.2. The fourth-order valence-electron chi connectivity index (χ4n) is 2.54. The third kappa shape index (κ3) is 4.17. The quantitative estimate of drug-likeness (QED) is 0.648. The second-order valence-electron chi connectivity index (χ2n) is 6.46. The minimum Gasteiger partial charge on any atom is -0.489 e. The molecule has 1 aliphatic carbocycles. The zero-order valence-corrected chi connectivity index (χ0v) is 15.4. The van der Waals surface area contributed by atoms with Gasteiger partial charge in [-0.1, -0.05) is 6.07 Å². The molecule has 0 unspecified atom stereocenters. The van der Waals surface area contributed by atoms with Gasteiger partial charge >= 0.3 is 0 Å². The third-order valence-electron chi connectivity index (χ3n) is 4.21. The third-order valence-corrected chi connectivity index (χ3v) is 5.09. The minimum absolute atomic E-state index is 0.0290. The van der Waals surface area contributed by atoms with E-state index < -0.39 is 17.5 Å². The van der Waals surface area contributed by atoms with Crippen LogP contribution < -0.4 is 10.1 Å². The molecule has 1 saturated carbocycles. The number of ether oxygens (including phenoxy) is 1. The Morgan fingerprint density at radius 1 is 1.11 bits per heavy atom. The van der Waals surface area contributed by atoms with Crippen molar-refractivity contribution in [3.8, 4) is 16.3 Å². The van der Waals surface area contributed by atoms with Gasteiger partial charge in [-0.05, 0) is 42.7 Å². The maximum absolute atomic E-state index is 14.5. The van der Waals surface area contributed by atoms with Crippen molar-refractivity contribution in [2.45, 2.75) is 25.5 Å². The number of amides is 1. The van der Waals surface area contributed by atoms with Gasteiger partial charge in [-0.3, -0.25) is 4.79 Å². The van der Waals surface area contributed by atoms with Crippen LogP contribution >= 0.6 is 11.3 Å². The standard InChI is InChI=1S/C20H15F3N2O2S/c21-15-6-1-11(7-17(15)23)9-27-13-4-5-14(16(22)8-13)20-25-18(10-28-20)19(26)24-12-2-3-12/h1,4-8,10,12H,2-3,9H2,(H,24,26). The van der Waals surface area contributed by atoms with Gasteiger partial charge in [-0.15, -0.1) is 11.3 Å². The first-order chi connectivity index (χ1) is 13.5. The number of nitrogens with one attached hydrogen (secondary N) is 1. The van der Waals surface area contributed by atoms with Gasteiger partial charge in [0.1, 0.15) is 28.9 Å². The van der Waals surface area contributed by atoms with Crippen LogP contribution in [-0.2, 0) is 6.61 Å². The number of hydrogen-bond acceptors (Lipinski definition) is 4. The molecule has 1 amide bonds. The first-order valence-electron chi connectivity index (χ1n) is 8.62. The highest BCUT2D eigenvalue weighted by molar-refractivity contribution is 7.13. The molecule has 144 valence electrons. The van der Waals surface area contributed by atoms with Gasteiger partial charge in [0.25, 0.3) is 5.91 Å². The predicted octanol–water partition coefficient (Wildman–Crippen LogP) is 4.70. The van der Waals surface area contributed by atoms with Crippen LogP contribution in [0.15, 0.2) is 41.8 Å². The summed E-state index contributed by atoms with van der Waals surface area (Å²) in [6.07, 6.45) is 1.95. The van der Waals surface area contributed by atoms with Crippen molar-refractivity contribution in [2.24, 2.45) is 0 Å². The summed E-state index contributed by atoms with van der Waals surface area (Å²) in [5.74, 6) is -2.46. The average molecular weight is 404 g/mol. The zero-order valence-electron chi connectivity index (χ0n) is 14.5. The van der Waals surface area contributed by atoms with Gasteiger partial charge in [0.2, 0.25) is 0 Å². The van der Waals surface area contributed by atoms with Crippen LogP contribution in [0.1, 0.15) is 28.9 Å². The van der Waals surface area contributed by atoms with E-state index in [0.29, 0.717) is 10.6 Å². The lowest BCUT2D eigenvalue weighted by Crippen LogP contribution is -2.25. The molecule has 2 aromatic carbocycles. The Hall–Kier alpha value is -2.87. The molecule has 1 aromatic heterocycles. The molecule has 0 bridgehead atoms. The number of aromatic nitrogens is 1. The Kier molecular flexibility index (Phi) is 5.04. The zero-order chi connectivity index (χ0) is 19.7. The van der Waals surface area contributed by atoms with Gasteiger partial charge in [0.15, 0.2) is 11.6 Å². The van der Waals surface area contributed by atoms with Crippen molar-refractivity contribution >= 4 is 17.2 Å². The molecule has 1 fully saturated rings. The molecule has 1 aliphatic rings. The number of carbonyl (C=O) groups is 1. The van der Waals surface area contributed by atoms with E-state index in [9.17, 15) is 18.0 Å². The summed E-state index contributed by atoms with van der Waals surface area (Å²) in [6.45, 7) is -0.0290. The molecule has 0 radical (unpaired) electrons. The Bertz CT molecular complexity index is 1030. The Morgan fingerprint density at radius 2 is 1.93 bits per heavy atom.